The van der Waals surface area contributed by atoms with Gasteiger partial charge in [-0.2, -0.15) is 0 Å². The molecule has 28 heavy (non-hydrogen) atoms. The fraction of sp³-hybridized carbons (Fsp3) is 0.350. The average molecular weight is 430 g/mol. The molecule has 0 radical (unpaired) electrons. The van der Waals surface area contributed by atoms with E-state index in [0.717, 1.165) is 60.1 Å². The molecular formula is C20H23N5S3. The summed E-state index contributed by atoms with van der Waals surface area (Å²) >= 11 is 5.13. The molecule has 8 heteroatoms. The molecule has 4 rings (SSSR count). The fourth-order valence-corrected chi connectivity index (χ4v) is 6.25. The van der Waals surface area contributed by atoms with Crippen LogP contribution in [0.15, 0.2) is 28.0 Å². The lowest BCUT2D eigenvalue weighted by Crippen LogP contribution is -1.99. The Morgan fingerprint density at radius 3 is 2.79 bits per heavy atom. The number of nitrogen functional groups attached to an aromatic ring is 1. The highest BCUT2D eigenvalue weighted by Gasteiger charge is 2.20. The monoisotopic (exact) mass is 429 g/mol. The van der Waals surface area contributed by atoms with Crippen molar-refractivity contribution < 1.29 is 0 Å². The Morgan fingerprint density at radius 2 is 2.11 bits per heavy atom. The van der Waals surface area contributed by atoms with E-state index in [-0.39, 0.29) is 0 Å². The third-order valence-corrected chi connectivity index (χ3v) is 7.99. The van der Waals surface area contributed by atoms with E-state index in [1.54, 1.807) is 22.7 Å². The molecule has 0 bridgehead atoms. The number of pyridine rings is 1. The van der Waals surface area contributed by atoms with E-state index >= 15 is 0 Å². The van der Waals surface area contributed by atoms with Gasteiger partial charge in [-0.15, -0.1) is 34.4 Å². The zero-order valence-corrected chi connectivity index (χ0v) is 18.7. The van der Waals surface area contributed by atoms with Gasteiger partial charge in [-0.1, -0.05) is 20.3 Å². The number of thiazole rings is 1. The second-order valence-electron chi connectivity index (χ2n) is 6.55. The van der Waals surface area contributed by atoms with Gasteiger partial charge in [0.15, 0.2) is 0 Å². The Balaban J connectivity index is 1.93. The van der Waals surface area contributed by atoms with Gasteiger partial charge >= 0.3 is 0 Å². The maximum atomic E-state index is 6.62. The first-order valence-corrected chi connectivity index (χ1v) is 12.1. The fourth-order valence-electron chi connectivity index (χ4n) is 3.21. The minimum absolute atomic E-state index is 0.841. The number of unbranched alkanes of at least 4 members (excludes halogenated alkanes) is 1. The molecule has 0 saturated carbocycles. The SMILES string of the molecule is CCCCSc1sc2nc(-c3nccs3)cc(-c3cnc(CC)n3C)c2c1N. The van der Waals surface area contributed by atoms with Crippen molar-refractivity contribution in [1.29, 1.82) is 0 Å². The van der Waals surface area contributed by atoms with Crippen LogP contribution in [-0.4, -0.2) is 25.3 Å². The number of nitrogens with zero attached hydrogens (tertiary/aromatic N) is 4. The van der Waals surface area contributed by atoms with E-state index in [2.05, 4.69) is 41.5 Å². The molecule has 0 spiro atoms. The highest BCUT2D eigenvalue weighted by Crippen LogP contribution is 2.45. The van der Waals surface area contributed by atoms with E-state index in [1.165, 1.54) is 12.8 Å². The zero-order chi connectivity index (χ0) is 19.7. The first kappa shape index (κ1) is 19.4. The van der Waals surface area contributed by atoms with E-state index in [0.29, 0.717) is 0 Å². The highest BCUT2D eigenvalue weighted by atomic mass is 32.2. The van der Waals surface area contributed by atoms with E-state index in [1.807, 2.05) is 29.5 Å². The number of hydrogen-bond donors (Lipinski definition) is 1. The summed E-state index contributed by atoms with van der Waals surface area (Å²) in [6.45, 7) is 4.33. The third kappa shape index (κ3) is 3.44. The molecule has 0 saturated heterocycles. The van der Waals surface area contributed by atoms with Gasteiger partial charge in [0, 0.05) is 36.0 Å². The Morgan fingerprint density at radius 1 is 1.25 bits per heavy atom. The van der Waals surface area contributed by atoms with E-state index in [4.69, 9.17) is 10.7 Å². The van der Waals surface area contributed by atoms with Gasteiger partial charge in [0.1, 0.15) is 21.4 Å². The van der Waals surface area contributed by atoms with Crippen molar-refractivity contribution in [2.24, 2.45) is 7.05 Å². The molecule has 2 N–H and O–H groups in total. The average Bonchev–Trinajstić information content (AvgIpc) is 3.41. The molecule has 0 fully saturated rings. The highest BCUT2D eigenvalue weighted by molar-refractivity contribution is 8.01. The van der Waals surface area contributed by atoms with Gasteiger partial charge in [0.05, 0.1) is 21.8 Å². The van der Waals surface area contributed by atoms with Crippen molar-refractivity contribution >= 4 is 50.3 Å². The Kier molecular flexibility index (Phi) is 5.70. The quantitative estimate of drug-likeness (QED) is 0.294. The normalized spacial score (nSPS) is 11.5. The summed E-state index contributed by atoms with van der Waals surface area (Å²) < 4.78 is 3.31. The molecule has 4 heterocycles. The molecule has 0 atom stereocenters. The van der Waals surface area contributed by atoms with Crippen molar-refractivity contribution in [3.8, 4) is 22.0 Å². The van der Waals surface area contributed by atoms with E-state index < -0.39 is 0 Å². The molecule has 4 aromatic heterocycles. The van der Waals surface area contributed by atoms with Gasteiger partial charge in [-0.05, 0) is 18.2 Å². The predicted molar refractivity (Wildman–Crippen MR) is 122 cm³/mol. The van der Waals surface area contributed by atoms with Crippen LogP contribution in [-0.2, 0) is 13.5 Å². The molecule has 4 aromatic rings. The van der Waals surface area contributed by atoms with Gasteiger partial charge < -0.3 is 10.3 Å². The molecule has 0 unspecified atom stereocenters. The third-order valence-electron chi connectivity index (χ3n) is 4.72. The largest absolute Gasteiger partial charge is 0.397 e. The van der Waals surface area contributed by atoms with Crippen LogP contribution in [0.2, 0.25) is 0 Å². The van der Waals surface area contributed by atoms with Crippen molar-refractivity contribution in [2.45, 2.75) is 37.3 Å². The van der Waals surface area contributed by atoms with Crippen LogP contribution in [0.4, 0.5) is 5.69 Å². The summed E-state index contributed by atoms with van der Waals surface area (Å²) in [6.07, 6.45) is 7.02. The number of anilines is 1. The van der Waals surface area contributed by atoms with Crippen molar-refractivity contribution in [1.82, 2.24) is 19.5 Å². The number of fused-ring (bicyclic) bond motifs is 1. The number of aryl methyl sites for hydroxylation is 1. The van der Waals surface area contributed by atoms with Crippen LogP contribution in [0, 0.1) is 0 Å². The van der Waals surface area contributed by atoms with Crippen LogP contribution in [0.1, 0.15) is 32.5 Å². The van der Waals surface area contributed by atoms with Gasteiger partial charge in [0.2, 0.25) is 0 Å². The second-order valence-corrected chi connectivity index (χ2v) is 9.81. The Labute approximate surface area is 177 Å². The molecule has 0 aliphatic heterocycles. The van der Waals surface area contributed by atoms with Gasteiger partial charge in [-0.3, -0.25) is 0 Å². The molecule has 0 aliphatic rings. The summed E-state index contributed by atoms with van der Waals surface area (Å²) in [5.74, 6) is 2.13. The lowest BCUT2D eigenvalue weighted by atomic mass is 10.1. The van der Waals surface area contributed by atoms with Crippen LogP contribution in [0.3, 0.4) is 0 Å². The van der Waals surface area contributed by atoms with Crippen LogP contribution >= 0.6 is 34.4 Å². The van der Waals surface area contributed by atoms with Crippen molar-refractivity contribution in [3.63, 3.8) is 0 Å². The van der Waals surface area contributed by atoms with E-state index in [9.17, 15) is 0 Å². The summed E-state index contributed by atoms with van der Waals surface area (Å²) in [5, 5.41) is 3.94. The van der Waals surface area contributed by atoms with Crippen LogP contribution in [0.25, 0.3) is 32.2 Å². The molecule has 146 valence electrons. The minimum atomic E-state index is 0.841. The number of thioether (sulfide) groups is 1. The van der Waals surface area contributed by atoms with Crippen molar-refractivity contribution in [2.75, 3.05) is 11.5 Å². The topological polar surface area (TPSA) is 69.6 Å². The number of rotatable bonds is 7. The van der Waals surface area contributed by atoms with Crippen LogP contribution < -0.4 is 5.73 Å². The Hall–Kier alpha value is -1.90. The predicted octanol–water partition coefficient (Wildman–Crippen LogP) is 5.86. The first-order chi connectivity index (χ1) is 13.6. The maximum Gasteiger partial charge on any atom is 0.141 e. The van der Waals surface area contributed by atoms with Gasteiger partial charge in [-0.25, -0.2) is 15.0 Å². The second kappa shape index (κ2) is 8.23. The first-order valence-electron chi connectivity index (χ1n) is 9.40. The number of aromatic nitrogens is 4. The number of thiophene rings is 1. The molecule has 0 aromatic carbocycles. The standard InChI is InChI=1S/C20H23N5S3/c1-4-6-8-27-20-17(21)16-12(14-11-23-15(5-2)25(14)3)10-13(24-19(16)28-20)18-22-7-9-26-18/h7,9-11H,4-6,8,21H2,1-3H3. The van der Waals surface area contributed by atoms with Gasteiger partial charge in [0.25, 0.3) is 0 Å². The molecule has 0 amide bonds. The number of imidazole rings is 1. The summed E-state index contributed by atoms with van der Waals surface area (Å²) in [5.41, 5.74) is 10.5. The van der Waals surface area contributed by atoms with Crippen LogP contribution in [0.5, 0.6) is 0 Å². The summed E-state index contributed by atoms with van der Waals surface area (Å²) in [7, 11) is 2.07. The van der Waals surface area contributed by atoms with Crippen molar-refractivity contribution in [3.05, 3.63) is 29.7 Å². The molecule has 5 nitrogen and oxygen atoms in total. The zero-order valence-electron chi connectivity index (χ0n) is 16.2. The maximum absolute atomic E-state index is 6.62. The lowest BCUT2D eigenvalue weighted by molar-refractivity contribution is 0.814. The Bertz CT molecular complexity index is 1100. The lowest BCUT2D eigenvalue weighted by Gasteiger charge is -2.09. The minimum Gasteiger partial charge on any atom is -0.397 e. The summed E-state index contributed by atoms with van der Waals surface area (Å²) in [4.78, 5) is 14.9. The smallest absolute Gasteiger partial charge is 0.141 e. The molecule has 0 aliphatic carbocycles. The summed E-state index contributed by atoms with van der Waals surface area (Å²) in [6, 6.07) is 2.11. The molecular weight excluding hydrogens is 406 g/mol. The number of hydrogen-bond acceptors (Lipinski definition) is 7. The number of nitrogens with two attached hydrogens (primary N) is 1.